The molecule has 4 heterocycles. The van der Waals surface area contributed by atoms with Crippen LogP contribution < -0.4 is 0 Å². The van der Waals surface area contributed by atoms with Crippen molar-refractivity contribution in [3.05, 3.63) is 206 Å². The van der Waals surface area contributed by atoms with Crippen LogP contribution in [0.5, 0.6) is 0 Å². The molecule has 0 spiro atoms. The molecule has 11 aromatic rings. The van der Waals surface area contributed by atoms with Crippen LogP contribution in [0.15, 0.2) is 206 Å². The number of aromatic nitrogens is 4. The molecule has 4 heteroatoms. The SMILES string of the molecule is c1ccc(-c2cc(-c3ccccc3)nc(-c3cccc(-n4c5ccccc5c5cc(-c6ccc7c(c6)c6ncccc6n7-c6ccccc6)ccc54)c3)c2)cc1. The summed E-state index contributed by atoms with van der Waals surface area (Å²) < 4.78 is 4.69. The van der Waals surface area contributed by atoms with Gasteiger partial charge < -0.3 is 9.13 Å². The van der Waals surface area contributed by atoms with Crippen molar-refractivity contribution in [2.75, 3.05) is 0 Å². The molecular weight excluding hydrogens is 681 g/mol. The van der Waals surface area contributed by atoms with Crippen LogP contribution in [0.2, 0.25) is 0 Å². The Morgan fingerprint density at radius 2 is 0.857 bits per heavy atom. The fraction of sp³-hybridized carbons (Fsp3) is 0. The lowest BCUT2D eigenvalue weighted by atomic mass is 10.00. The van der Waals surface area contributed by atoms with Crippen molar-refractivity contribution in [3.8, 4) is 56.1 Å². The molecule has 0 aliphatic rings. The highest BCUT2D eigenvalue weighted by Gasteiger charge is 2.17. The molecule has 0 aliphatic carbocycles. The maximum atomic E-state index is 5.24. The summed E-state index contributed by atoms with van der Waals surface area (Å²) >= 11 is 0. The van der Waals surface area contributed by atoms with Gasteiger partial charge in [-0.05, 0) is 101 Å². The van der Waals surface area contributed by atoms with Crippen molar-refractivity contribution in [2.24, 2.45) is 0 Å². The van der Waals surface area contributed by atoms with Gasteiger partial charge in [-0.25, -0.2) is 4.98 Å². The van der Waals surface area contributed by atoms with Gasteiger partial charge in [-0.15, -0.1) is 0 Å². The van der Waals surface area contributed by atoms with Gasteiger partial charge in [0.15, 0.2) is 0 Å². The van der Waals surface area contributed by atoms with E-state index >= 15 is 0 Å². The second kappa shape index (κ2) is 13.1. The maximum absolute atomic E-state index is 5.24. The third-order valence-corrected chi connectivity index (χ3v) is 10.9. The zero-order chi connectivity index (χ0) is 37.0. The van der Waals surface area contributed by atoms with Gasteiger partial charge in [0.1, 0.15) is 0 Å². The van der Waals surface area contributed by atoms with Crippen LogP contribution in [0.3, 0.4) is 0 Å². The molecule has 0 N–H and O–H groups in total. The highest BCUT2D eigenvalue weighted by molar-refractivity contribution is 6.12. The summed E-state index contributed by atoms with van der Waals surface area (Å²) in [6, 6.07) is 71.3. The van der Waals surface area contributed by atoms with E-state index in [0.29, 0.717) is 0 Å². The third-order valence-electron chi connectivity index (χ3n) is 10.9. The minimum absolute atomic E-state index is 0.939. The summed E-state index contributed by atoms with van der Waals surface area (Å²) in [6.07, 6.45) is 1.89. The first-order chi connectivity index (χ1) is 27.8. The average molecular weight is 715 g/mol. The smallest absolute Gasteiger partial charge is 0.0963 e. The Labute approximate surface area is 324 Å². The minimum Gasteiger partial charge on any atom is -0.309 e. The molecule has 4 aromatic heterocycles. The molecule has 0 unspecified atom stereocenters. The van der Waals surface area contributed by atoms with Crippen LogP contribution in [0.25, 0.3) is 99.9 Å². The molecule has 7 aromatic carbocycles. The Balaban J connectivity index is 1.05. The molecule has 0 fully saturated rings. The predicted octanol–water partition coefficient (Wildman–Crippen LogP) is 13.3. The van der Waals surface area contributed by atoms with Crippen LogP contribution in [0, 0.1) is 0 Å². The fourth-order valence-corrected chi connectivity index (χ4v) is 8.34. The van der Waals surface area contributed by atoms with Gasteiger partial charge in [0.05, 0.1) is 39.0 Å². The second-order valence-electron chi connectivity index (χ2n) is 14.3. The van der Waals surface area contributed by atoms with E-state index in [2.05, 4.69) is 197 Å². The highest BCUT2D eigenvalue weighted by atomic mass is 15.0. The topological polar surface area (TPSA) is 35.6 Å². The molecule has 0 bridgehead atoms. The number of fused-ring (bicyclic) bond motifs is 6. The summed E-state index contributed by atoms with van der Waals surface area (Å²) in [5.41, 5.74) is 16.5. The van der Waals surface area contributed by atoms with E-state index in [4.69, 9.17) is 9.97 Å². The molecule has 0 atom stereocenters. The molecular formula is C52H34N4. The Morgan fingerprint density at radius 1 is 0.304 bits per heavy atom. The normalized spacial score (nSPS) is 11.6. The molecule has 11 rings (SSSR count). The second-order valence-corrected chi connectivity index (χ2v) is 14.3. The molecule has 0 saturated carbocycles. The standard InChI is InChI=1S/C52H34N4/c1-4-14-35(15-5-1)40-33-46(36-16-6-2-7-17-36)54-47(34-40)39-18-12-21-42(30-39)56-48-23-11-10-22-43(48)44-31-37(25-27-49(44)56)38-26-28-50-45(32-38)52-51(24-13-29-53-52)55(50)41-19-8-3-9-20-41/h1-34H. The molecule has 4 nitrogen and oxygen atoms in total. The quantitative estimate of drug-likeness (QED) is 0.172. The molecule has 0 radical (unpaired) electrons. The molecule has 262 valence electrons. The molecule has 56 heavy (non-hydrogen) atoms. The Kier molecular flexibility index (Phi) is 7.46. The van der Waals surface area contributed by atoms with Crippen LogP contribution in [-0.2, 0) is 0 Å². The van der Waals surface area contributed by atoms with Gasteiger partial charge in [-0.3, -0.25) is 4.98 Å². The van der Waals surface area contributed by atoms with Gasteiger partial charge in [0.2, 0.25) is 0 Å². The minimum atomic E-state index is 0.939. The summed E-state index contributed by atoms with van der Waals surface area (Å²) in [4.78, 5) is 10.1. The number of rotatable bonds is 6. The Morgan fingerprint density at radius 3 is 1.62 bits per heavy atom. The van der Waals surface area contributed by atoms with Crippen molar-refractivity contribution in [1.82, 2.24) is 19.1 Å². The molecule has 0 aliphatic heterocycles. The Hall–Kier alpha value is -7.56. The van der Waals surface area contributed by atoms with E-state index in [1.807, 2.05) is 18.3 Å². The van der Waals surface area contributed by atoms with Gasteiger partial charge in [0, 0.05) is 44.9 Å². The van der Waals surface area contributed by atoms with Crippen LogP contribution >= 0.6 is 0 Å². The average Bonchev–Trinajstić information content (AvgIpc) is 3.79. The lowest BCUT2D eigenvalue weighted by Gasteiger charge is -2.13. The van der Waals surface area contributed by atoms with Crippen molar-refractivity contribution >= 4 is 43.7 Å². The van der Waals surface area contributed by atoms with Crippen molar-refractivity contribution < 1.29 is 0 Å². The first-order valence-corrected chi connectivity index (χ1v) is 19.0. The van der Waals surface area contributed by atoms with Crippen LogP contribution in [0.1, 0.15) is 0 Å². The molecule has 0 amide bonds. The van der Waals surface area contributed by atoms with Gasteiger partial charge in [-0.1, -0.05) is 121 Å². The van der Waals surface area contributed by atoms with E-state index in [0.717, 1.165) is 72.5 Å². The van der Waals surface area contributed by atoms with E-state index in [-0.39, 0.29) is 0 Å². The van der Waals surface area contributed by atoms with E-state index in [1.165, 1.54) is 27.4 Å². The predicted molar refractivity (Wildman–Crippen MR) is 232 cm³/mol. The largest absolute Gasteiger partial charge is 0.309 e. The Bertz CT molecular complexity index is 3170. The van der Waals surface area contributed by atoms with E-state index in [1.54, 1.807) is 0 Å². The lowest BCUT2D eigenvalue weighted by molar-refractivity contribution is 1.17. The van der Waals surface area contributed by atoms with E-state index < -0.39 is 0 Å². The van der Waals surface area contributed by atoms with Crippen molar-refractivity contribution in [3.63, 3.8) is 0 Å². The summed E-state index contributed by atoms with van der Waals surface area (Å²) in [5.74, 6) is 0. The van der Waals surface area contributed by atoms with Gasteiger partial charge >= 0.3 is 0 Å². The first-order valence-electron chi connectivity index (χ1n) is 19.0. The fourth-order valence-electron chi connectivity index (χ4n) is 8.34. The lowest BCUT2D eigenvalue weighted by Crippen LogP contribution is -1.96. The summed E-state index contributed by atoms with van der Waals surface area (Å²) in [6.45, 7) is 0. The number of para-hydroxylation sites is 2. The van der Waals surface area contributed by atoms with Gasteiger partial charge in [-0.2, -0.15) is 0 Å². The number of pyridine rings is 2. The first kappa shape index (κ1) is 31.9. The number of nitrogens with zero attached hydrogens (tertiary/aromatic N) is 4. The zero-order valence-electron chi connectivity index (χ0n) is 30.4. The number of hydrogen-bond donors (Lipinski definition) is 0. The summed E-state index contributed by atoms with van der Waals surface area (Å²) in [5, 5.41) is 3.57. The van der Waals surface area contributed by atoms with Crippen LogP contribution in [0.4, 0.5) is 0 Å². The van der Waals surface area contributed by atoms with Crippen molar-refractivity contribution in [1.29, 1.82) is 0 Å². The van der Waals surface area contributed by atoms with E-state index in [9.17, 15) is 0 Å². The van der Waals surface area contributed by atoms with Gasteiger partial charge in [0.25, 0.3) is 0 Å². The third kappa shape index (κ3) is 5.31. The zero-order valence-corrected chi connectivity index (χ0v) is 30.4. The highest BCUT2D eigenvalue weighted by Crippen LogP contribution is 2.39. The number of hydrogen-bond acceptors (Lipinski definition) is 2. The number of benzene rings is 7. The molecule has 0 saturated heterocycles. The maximum Gasteiger partial charge on any atom is 0.0963 e. The van der Waals surface area contributed by atoms with Crippen LogP contribution in [-0.4, -0.2) is 19.1 Å². The monoisotopic (exact) mass is 714 g/mol. The summed E-state index contributed by atoms with van der Waals surface area (Å²) in [7, 11) is 0. The van der Waals surface area contributed by atoms with Crippen molar-refractivity contribution in [2.45, 2.75) is 0 Å².